The average Bonchev–Trinajstić information content (AvgIpc) is 2.15. The van der Waals surface area contributed by atoms with Gasteiger partial charge in [-0.25, -0.2) is 0 Å². The summed E-state index contributed by atoms with van der Waals surface area (Å²) in [6, 6.07) is -2.47. The molecule has 10 nitrogen and oxygen atoms in total. The number of carboxylic acids is 2. The second-order valence-electron chi connectivity index (χ2n) is 2.22. The smallest absolute Gasteiger partial charge is 0.548 e. The maximum Gasteiger partial charge on any atom is 2.00 e. The predicted octanol–water partition coefficient (Wildman–Crippen LogP) is -7.54. The first-order valence-corrected chi connectivity index (χ1v) is 3.51. The fourth-order valence-electron chi connectivity index (χ4n) is 0.149. The summed E-state index contributed by atoms with van der Waals surface area (Å²) in [5.74, 6) is -2.86. The van der Waals surface area contributed by atoms with Gasteiger partial charge in [-0.1, -0.05) is 0 Å². The summed E-state index contributed by atoms with van der Waals surface area (Å²) in [6.45, 7) is -1.13. The van der Waals surface area contributed by atoms with Crippen LogP contribution in [0.1, 0.15) is 0 Å². The third-order valence-corrected chi connectivity index (χ3v) is 0.999. The molecule has 0 saturated carbocycles. The maximum absolute atomic E-state index is 9.53. The van der Waals surface area contributed by atoms with Crippen molar-refractivity contribution in [2.75, 3.05) is 13.2 Å². The van der Waals surface area contributed by atoms with Crippen molar-refractivity contribution in [1.82, 2.24) is 0 Å². The summed E-state index contributed by atoms with van der Waals surface area (Å²) in [5.41, 5.74) is 9.41. The molecule has 0 amide bonds. The Morgan fingerprint density at radius 3 is 1.12 bits per heavy atom. The van der Waals surface area contributed by atoms with Crippen molar-refractivity contribution in [3.05, 3.63) is 0 Å². The van der Waals surface area contributed by atoms with E-state index in [1.165, 1.54) is 0 Å². The van der Waals surface area contributed by atoms with Crippen LogP contribution >= 0.6 is 0 Å². The summed E-state index contributed by atoms with van der Waals surface area (Å²) in [7, 11) is 0. The summed E-state index contributed by atoms with van der Waals surface area (Å²) in [4.78, 5) is 19.1. The molecule has 0 aliphatic heterocycles. The van der Waals surface area contributed by atoms with E-state index in [0.29, 0.717) is 0 Å². The van der Waals surface area contributed by atoms with Gasteiger partial charge in [-0.15, -0.1) is 0 Å². The zero-order chi connectivity index (χ0) is 11.7. The monoisotopic (exact) mass is 303 g/mol. The molecule has 0 aromatic heterocycles. The molecule has 0 rings (SSSR count). The van der Waals surface area contributed by atoms with Gasteiger partial charge in [-0.05, 0) is 0 Å². The van der Waals surface area contributed by atoms with Crippen LogP contribution in [0.25, 0.3) is 0 Å². The molecule has 0 aromatic carbocycles. The van der Waals surface area contributed by atoms with E-state index in [0.717, 1.165) is 0 Å². The van der Waals surface area contributed by atoms with Gasteiger partial charge in [-0.2, -0.15) is 0 Å². The average molecular weight is 303 g/mol. The third-order valence-electron chi connectivity index (χ3n) is 0.999. The van der Waals surface area contributed by atoms with Crippen LogP contribution in [-0.4, -0.2) is 58.4 Å². The van der Waals surface area contributed by atoms with Gasteiger partial charge in [0.25, 0.3) is 0 Å². The zero-order valence-electron chi connectivity index (χ0n) is 8.58. The number of aliphatic carboxylic acids is 2. The van der Waals surface area contributed by atoms with Crippen molar-refractivity contribution >= 4 is 11.9 Å². The molecule has 10 N–H and O–H groups in total. The van der Waals surface area contributed by atoms with E-state index in [2.05, 4.69) is 0 Å². The molecule has 0 heterocycles. The molecule has 2 atom stereocenters. The Hall–Kier alpha value is -0.794. The minimum Gasteiger partial charge on any atom is -0.548 e. The second-order valence-corrected chi connectivity index (χ2v) is 2.22. The van der Waals surface area contributed by atoms with Crippen LogP contribution in [0.5, 0.6) is 0 Å². The van der Waals surface area contributed by atoms with Gasteiger partial charge in [0.15, 0.2) is 0 Å². The molecule has 0 saturated heterocycles. The number of rotatable bonds is 4. The first-order valence-electron chi connectivity index (χ1n) is 3.51. The Kier molecular flexibility index (Phi) is 30.9. The van der Waals surface area contributed by atoms with Crippen molar-refractivity contribution in [2.24, 2.45) is 11.5 Å². The maximum atomic E-state index is 9.53. The summed E-state index contributed by atoms with van der Waals surface area (Å²) in [5, 5.41) is 35.0. The second kappa shape index (κ2) is 17.6. The van der Waals surface area contributed by atoms with Gasteiger partial charge < -0.3 is 52.4 Å². The van der Waals surface area contributed by atoms with E-state index in [9.17, 15) is 19.8 Å². The van der Waals surface area contributed by atoms with Crippen LogP contribution < -0.4 is 21.7 Å². The molecule has 0 aromatic rings. The van der Waals surface area contributed by atoms with Crippen LogP contribution in [0.3, 0.4) is 0 Å². The van der Waals surface area contributed by atoms with Crippen molar-refractivity contribution < 1.29 is 57.7 Å². The van der Waals surface area contributed by atoms with Crippen molar-refractivity contribution in [3.8, 4) is 0 Å². The fraction of sp³-hybridized carbons (Fsp3) is 0.667. The van der Waals surface area contributed by atoms with Gasteiger partial charge in [0, 0.05) is 0 Å². The predicted molar refractivity (Wildman–Crippen MR) is 47.4 cm³/mol. The molecule has 0 fully saturated rings. The standard InChI is InChI=1S/2C3H7NO3.Co.2H2O/c2*4-2(1-5)3(6)7;;;/h2*2,5H,1,4H2,(H,6,7);;2*1H2/q;;+2;;/p-2/t2*2-;;;/m00.../s1. The number of carboxylic acid groups (broad SMARTS) is 2. The topological polar surface area (TPSA) is 236 Å². The van der Waals surface area contributed by atoms with Crippen LogP contribution in [0, 0.1) is 0 Å². The van der Waals surface area contributed by atoms with Gasteiger partial charge in [-0.3, -0.25) is 0 Å². The van der Waals surface area contributed by atoms with Gasteiger partial charge in [0.05, 0.1) is 37.2 Å². The Balaban J connectivity index is -0.0000000480. The SMILES string of the molecule is N[C@@H](CO)C(=O)[O-].N[C@@H](CO)C(=O)[O-].O.O.[Co+2]. The largest absolute Gasteiger partial charge is 2.00 e. The first-order chi connectivity index (χ1) is 6.36. The number of hydrogen-bond donors (Lipinski definition) is 4. The van der Waals surface area contributed by atoms with Crippen LogP contribution in [0.15, 0.2) is 0 Å². The number of nitrogens with two attached hydrogens (primary N) is 2. The van der Waals surface area contributed by atoms with Gasteiger partial charge in [0.2, 0.25) is 0 Å². The quantitative estimate of drug-likeness (QED) is 0.388. The van der Waals surface area contributed by atoms with Crippen LogP contribution in [-0.2, 0) is 26.4 Å². The number of hydrogen-bond acceptors (Lipinski definition) is 8. The minimum atomic E-state index is -1.43. The minimum absolute atomic E-state index is 0. The van der Waals surface area contributed by atoms with E-state index in [1.54, 1.807) is 0 Å². The van der Waals surface area contributed by atoms with Gasteiger partial charge in [0.1, 0.15) is 0 Å². The Bertz CT molecular complexity index is 173. The van der Waals surface area contributed by atoms with E-state index in [1.807, 2.05) is 0 Å². The molecule has 0 spiro atoms. The van der Waals surface area contributed by atoms with E-state index < -0.39 is 37.2 Å². The third kappa shape index (κ3) is 21.1. The van der Waals surface area contributed by atoms with E-state index in [4.69, 9.17) is 21.7 Å². The molecule has 1 radical (unpaired) electrons. The Labute approximate surface area is 107 Å². The number of carbonyl (C=O) groups is 2. The summed E-state index contributed by atoms with van der Waals surface area (Å²) >= 11 is 0. The van der Waals surface area contributed by atoms with Crippen LogP contribution in [0.4, 0.5) is 0 Å². The van der Waals surface area contributed by atoms with Crippen molar-refractivity contribution in [3.63, 3.8) is 0 Å². The van der Waals surface area contributed by atoms with Crippen molar-refractivity contribution in [1.29, 1.82) is 0 Å². The number of aliphatic hydroxyl groups is 2. The van der Waals surface area contributed by atoms with Gasteiger partial charge >= 0.3 is 16.8 Å². The van der Waals surface area contributed by atoms with E-state index in [-0.39, 0.29) is 27.7 Å². The molecule has 107 valence electrons. The molecule has 0 unspecified atom stereocenters. The number of carbonyl (C=O) groups excluding carboxylic acids is 2. The van der Waals surface area contributed by atoms with E-state index >= 15 is 0 Å². The fourth-order valence-corrected chi connectivity index (χ4v) is 0.149. The molecule has 17 heavy (non-hydrogen) atoms. The Morgan fingerprint density at radius 2 is 1.12 bits per heavy atom. The molecule has 0 aliphatic carbocycles. The molecular weight excluding hydrogens is 287 g/mol. The molecule has 0 aliphatic rings. The van der Waals surface area contributed by atoms with Crippen LogP contribution in [0.2, 0.25) is 0 Å². The Morgan fingerprint density at radius 1 is 0.941 bits per heavy atom. The summed E-state index contributed by atoms with van der Waals surface area (Å²) < 4.78 is 0. The first kappa shape index (κ1) is 29.8. The summed E-state index contributed by atoms with van der Waals surface area (Å²) in [6.07, 6.45) is 0. The molecular formula is C6H16CoN2O8. The zero-order valence-corrected chi connectivity index (χ0v) is 9.63. The normalized spacial score (nSPS) is 11.1. The van der Waals surface area contributed by atoms with Crippen molar-refractivity contribution in [2.45, 2.75) is 12.1 Å². The molecule has 0 bridgehead atoms. The molecule has 11 heteroatoms. The number of aliphatic hydroxyl groups excluding tert-OH is 2.